The molecular weight excluding hydrogens is 430 g/mol. The number of methoxy groups -OCH3 is 1. The molecule has 2 amide bonds. The van der Waals surface area contributed by atoms with Gasteiger partial charge in [-0.2, -0.15) is 0 Å². The standard InChI is InChI=1S/C26H33N5O3/c1-4-34-25-19(2)24(31(29-25)21-13-9-6-10-14-21)28-26(32)27-23-18-30(15-16-33-3)17-22(23)20-11-7-5-8-12-20/h5-14,22-23H,4,15-18H2,1-3H3,(H2,27,28,32)/t22-,23+/m0/s1. The predicted molar refractivity (Wildman–Crippen MR) is 133 cm³/mol. The van der Waals surface area contributed by atoms with Gasteiger partial charge in [0, 0.05) is 32.7 Å². The van der Waals surface area contributed by atoms with Crippen LogP contribution in [0.5, 0.6) is 5.88 Å². The summed E-state index contributed by atoms with van der Waals surface area (Å²) in [5, 5.41) is 10.8. The van der Waals surface area contributed by atoms with Crippen LogP contribution in [0.1, 0.15) is 24.0 Å². The van der Waals surface area contributed by atoms with Crippen LogP contribution < -0.4 is 15.4 Å². The summed E-state index contributed by atoms with van der Waals surface area (Å²) < 4.78 is 12.7. The van der Waals surface area contributed by atoms with Crippen LogP contribution in [0.15, 0.2) is 60.7 Å². The first-order valence-corrected chi connectivity index (χ1v) is 11.7. The Morgan fingerprint density at radius 1 is 1.09 bits per heavy atom. The van der Waals surface area contributed by atoms with Crippen molar-refractivity contribution >= 4 is 11.8 Å². The van der Waals surface area contributed by atoms with E-state index < -0.39 is 0 Å². The number of ether oxygens (including phenoxy) is 2. The summed E-state index contributed by atoms with van der Waals surface area (Å²) in [6, 6.07) is 19.8. The molecular formula is C26H33N5O3. The van der Waals surface area contributed by atoms with Gasteiger partial charge in [-0.15, -0.1) is 5.10 Å². The summed E-state index contributed by atoms with van der Waals surface area (Å²) in [5.74, 6) is 1.30. The van der Waals surface area contributed by atoms with Gasteiger partial charge in [0.1, 0.15) is 5.82 Å². The van der Waals surface area contributed by atoms with Crippen LogP contribution in [-0.4, -0.2) is 66.7 Å². The summed E-state index contributed by atoms with van der Waals surface area (Å²) >= 11 is 0. The minimum Gasteiger partial charge on any atom is -0.477 e. The second-order valence-corrected chi connectivity index (χ2v) is 8.43. The maximum absolute atomic E-state index is 13.2. The first kappa shape index (κ1) is 23.8. The van der Waals surface area contributed by atoms with Gasteiger partial charge >= 0.3 is 6.03 Å². The van der Waals surface area contributed by atoms with E-state index in [1.54, 1.807) is 11.8 Å². The van der Waals surface area contributed by atoms with E-state index in [0.717, 1.165) is 30.9 Å². The van der Waals surface area contributed by atoms with Gasteiger partial charge in [0.15, 0.2) is 0 Å². The molecule has 0 aliphatic carbocycles. The number of carbonyl (C=O) groups excluding carboxylic acids is 1. The zero-order chi connectivity index (χ0) is 23.9. The molecule has 2 heterocycles. The van der Waals surface area contributed by atoms with Crippen molar-refractivity contribution in [1.82, 2.24) is 20.0 Å². The Bertz CT molecular complexity index is 1070. The van der Waals surface area contributed by atoms with E-state index in [2.05, 4.69) is 32.8 Å². The average Bonchev–Trinajstić information content (AvgIpc) is 3.40. The molecule has 4 rings (SSSR count). The smallest absolute Gasteiger partial charge is 0.320 e. The van der Waals surface area contributed by atoms with Gasteiger partial charge in [-0.05, 0) is 31.5 Å². The van der Waals surface area contributed by atoms with E-state index in [9.17, 15) is 4.79 Å². The number of urea groups is 1. The Balaban J connectivity index is 1.54. The van der Waals surface area contributed by atoms with Gasteiger partial charge in [0.05, 0.1) is 30.5 Å². The lowest BCUT2D eigenvalue weighted by atomic mass is 9.94. The van der Waals surface area contributed by atoms with Crippen LogP contribution in [0.3, 0.4) is 0 Å². The molecule has 3 aromatic rings. The molecule has 1 fully saturated rings. The molecule has 2 atom stereocenters. The summed E-state index contributed by atoms with van der Waals surface area (Å²) in [7, 11) is 1.71. The number of aromatic nitrogens is 2. The molecule has 1 aromatic heterocycles. The van der Waals surface area contributed by atoms with E-state index >= 15 is 0 Å². The quantitative estimate of drug-likeness (QED) is 0.504. The maximum atomic E-state index is 13.2. The Kier molecular flexibility index (Phi) is 7.82. The highest BCUT2D eigenvalue weighted by Gasteiger charge is 2.35. The van der Waals surface area contributed by atoms with Crippen molar-refractivity contribution in [2.45, 2.75) is 25.8 Å². The predicted octanol–water partition coefficient (Wildman–Crippen LogP) is 3.82. The van der Waals surface area contributed by atoms with E-state index in [-0.39, 0.29) is 18.0 Å². The lowest BCUT2D eigenvalue weighted by Gasteiger charge is -2.21. The molecule has 1 aliphatic heterocycles. The minimum atomic E-state index is -0.261. The molecule has 180 valence electrons. The van der Waals surface area contributed by atoms with Crippen LogP contribution in [0, 0.1) is 6.92 Å². The van der Waals surface area contributed by atoms with Crippen molar-refractivity contribution < 1.29 is 14.3 Å². The van der Waals surface area contributed by atoms with Crippen molar-refractivity contribution in [1.29, 1.82) is 0 Å². The minimum absolute atomic E-state index is 0.0287. The molecule has 2 aromatic carbocycles. The molecule has 0 bridgehead atoms. The fourth-order valence-corrected chi connectivity index (χ4v) is 4.44. The van der Waals surface area contributed by atoms with Gasteiger partial charge < -0.3 is 14.8 Å². The average molecular weight is 464 g/mol. The monoisotopic (exact) mass is 463 g/mol. The van der Waals surface area contributed by atoms with Crippen molar-refractivity contribution in [2.24, 2.45) is 0 Å². The normalized spacial score (nSPS) is 18.1. The zero-order valence-electron chi connectivity index (χ0n) is 20.0. The molecule has 0 saturated carbocycles. The highest BCUT2D eigenvalue weighted by atomic mass is 16.5. The summed E-state index contributed by atoms with van der Waals surface area (Å²) in [5.41, 5.74) is 2.85. The van der Waals surface area contributed by atoms with E-state index in [1.165, 1.54) is 5.56 Å². The van der Waals surface area contributed by atoms with Crippen molar-refractivity contribution in [3.05, 3.63) is 71.8 Å². The van der Waals surface area contributed by atoms with Crippen LogP contribution in [0.2, 0.25) is 0 Å². The molecule has 1 saturated heterocycles. The number of amides is 2. The third-order valence-corrected chi connectivity index (χ3v) is 6.14. The summed E-state index contributed by atoms with van der Waals surface area (Å²) in [6.45, 7) is 7.44. The number of rotatable bonds is 9. The van der Waals surface area contributed by atoms with Crippen molar-refractivity contribution in [3.63, 3.8) is 0 Å². The number of hydrogen-bond donors (Lipinski definition) is 2. The summed E-state index contributed by atoms with van der Waals surface area (Å²) in [6.07, 6.45) is 0. The highest BCUT2D eigenvalue weighted by Crippen LogP contribution is 2.30. The molecule has 0 spiro atoms. The molecule has 8 heteroatoms. The number of benzene rings is 2. The van der Waals surface area contributed by atoms with Gasteiger partial charge in [0.25, 0.3) is 0 Å². The molecule has 1 aliphatic rings. The lowest BCUT2D eigenvalue weighted by Crippen LogP contribution is -2.42. The van der Waals surface area contributed by atoms with Crippen LogP contribution in [0.25, 0.3) is 5.69 Å². The number of likely N-dealkylation sites (tertiary alicyclic amines) is 1. The third-order valence-electron chi connectivity index (χ3n) is 6.14. The first-order chi connectivity index (χ1) is 16.6. The van der Waals surface area contributed by atoms with Gasteiger partial charge in [-0.3, -0.25) is 10.2 Å². The lowest BCUT2D eigenvalue weighted by molar-refractivity contribution is 0.159. The van der Waals surface area contributed by atoms with Crippen molar-refractivity contribution in [2.75, 3.05) is 45.3 Å². The number of carbonyl (C=O) groups is 1. The second kappa shape index (κ2) is 11.2. The van der Waals surface area contributed by atoms with Gasteiger partial charge in [-0.1, -0.05) is 48.5 Å². The largest absolute Gasteiger partial charge is 0.477 e. The molecule has 8 nitrogen and oxygen atoms in total. The topological polar surface area (TPSA) is 80.6 Å². The Labute approximate surface area is 200 Å². The number of hydrogen-bond acceptors (Lipinski definition) is 5. The SMILES string of the molecule is CCOc1nn(-c2ccccc2)c(NC(=O)N[C@@H]2CN(CCOC)C[C@H]2c2ccccc2)c1C. The molecule has 34 heavy (non-hydrogen) atoms. The maximum Gasteiger partial charge on any atom is 0.320 e. The third kappa shape index (κ3) is 5.40. The van der Waals surface area contributed by atoms with Crippen LogP contribution in [-0.2, 0) is 4.74 Å². The number of nitrogens with zero attached hydrogens (tertiary/aromatic N) is 3. The Morgan fingerprint density at radius 2 is 1.79 bits per heavy atom. The summed E-state index contributed by atoms with van der Waals surface area (Å²) in [4.78, 5) is 15.6. The Hall–Kier alpha value is -3.36. The molecule has 0 radical (unpaired) electrons. The number of para-hydroxylation sites is 1. The second-order valence-electron chi connectivity index (χ2n) is 8.43. The van der Waals surface area contributed by atoms with E-state index in [4.69, 9.17) is 9.47 Å². The number of nitrogens with one attached hydrogen (secondary N) is 2. The van der Waals surface area contributed by atoms with Crippen LogP contribution in [0.4, 0.5) is 10.6 Å². The van der Waals surface area contributed by atoms with E-state index in [1.807, 2.05) is 62.4 Å². The Morgan fingerprint density at radius 3 is 2.47 bits per heavy atom. The highest BCUT2D eigenvalue weighted by molar-refractivity contribution is 5.90. The molecule has 2 N–H and O–H groups in total. The van der Waals surface area contributed by atoms with Crippen LogP contribution >= 0.6 is 0 Å². The van der Waals surface area contributed by atoms with Gasteiger partial charge in [0.2, 0.25) is 5.88 Å². The van der Waals surface area contributed by atoms with E-state index in [0.29, 0.717) is 24.9 Å². The van der Waals surface area contributed by atoms with Gasteiger partial charge in [-0.25, -0.2) is 9.48 Å². The zero-order valence-corrected chi connectivity index (χ0v) is 20.0. The van der Waals surface area contributed by atoms with Crippen molar-refractivity contribution in [3.8, 4) is 11.6 Å². The molecule has 0 unspecified atom stereocenters. The first-order valence-electron chi connectivity index (χ1n) is 11.7. The number of anilines is 1. The fourth-order valence-electron chi connectivity index (χ4n) is 4.44. The fraction of sp³-hybridized carbons (Fsp3) is 0.385.